The molecule has 120 valence electrons. The zero-order valence-electron chi connectivity index (χ0n) is 13.9. The van der Waals surface area contributed by atoms with E-state index in [-0.39, 0.29) is 6.10 Å². The van der Waals surface area contributed by atoms with Gasteiger partial charge in [0.25, 0.3) is 0 Å². The van der Waals surface area contributed by atoms with Crippen molar-refractivity contribution in [3.63, 3.8) is 0 Å². The average Bonchev–Trinajstić information content (AvgIpc) is 2.98. The summed E-state index contributed by atoms with van der Waals surface area (Å²) in [6, 6.07) is 10.4. The smallest absolute Gasteiger partial charge is 0.124 e. The second-order valence-corrected chi connectivity index (χ2v) is 5.83. The van der Waals surface area contributed by atoms with Crippen molar-refractivity contribution in [2.75, 3.05) is 27.2 Å². The van der Waals surface area contributed by atoms with Crippen LogP contribution >= 0.6 is 0 Å². The second kappa shape index (κ2) is 8.71. The first kappa shape index (κ1) is 16.7. The third-order valence-electron chi connectivity index (χ3n) is 3.69. The minimum Gasteiger partial charge on any atom is -0.366 e. The molecule has 0 aliphatic heterocycles. The van der Waals surface area contributed by atoms with Crippen molar-refractivity contribution < 1.29 is 4.74 Å². The maximum Gasteiger partial charge on any atom is 0.124 e. The summed E-state index contributed by atoms with van der Waals surface area (Å²) in [6.07, 6.45) is 6.12. The molecule has 1 atom stereocenters. The van der Waals surface area contributed by atoms with Crippen LogP contribution in [0.15, 0.2) is 42.9 Å². The van der Waals surface area contributed by atoms with E-state index in [1.807, 2.05) is 18.6 Å². The molecule has 4 nitrogen and oxygen atoms in total. The first-order valence-corrected chi connectivity index (χ1v) is 8.03. The summed E-state index contributed by atoms with van der Waals surface area (Å²) in [5, 5.41) is 0. The molecule has 22 heavy (non-hydrogen) atoms. The number of likely N-dealkylation sites (N-methyl/N-ethyl adjacent to an activating group) is 1. The highest BCUT2D eigenvalue weighted by Gasteiger charge is 2.18. The average molecular weight is 301 g/mol. The summed E-state index contributed by atoms with van der Waals surface area (Å²) < 4.78 is 8.42. The van der Waals surface area contributed by atoms with Gasteiger partial charge in [-0.2, -0.15) is 0 Å². The third kappa shape index (κ3) is 4.68. The molecule has 0 radical (unpaired) electrons. The SMILES string of the molecule is CCCCn1cncc1C(OCCN(C)C)c1ccccc1. The predicted octanol–water partition coefficient (Wildman–Crippen LogP) is 3.35. The summed E-state index contributed by atoms with van der Waals surface area (Å²) in [4.78, 5) is 6.47. The Labute approximate surface area is 133 Å². The topological polar surface area (TPSA) is 30.3 Å². The van der Waals surface area contributed by atoms with Crippen LogP contribution in [0.2, 0.25) is 0 Å². The summed E-state index contributed by atoms with van der Waals surface area (Å²) in [7, 11) is 4.12. The van der Waals surface area contributed by atoms with Crippen LogP contribution in [0.25, 0.3) is 0 Å². The van der Waals surface area contributed by atoms with Gasteiger partial charge in [0.15, 0.2) is 0 Å². The minimum absolute atomic E-state index is 0.0551. The number of aromatic nitrogens is 2. The number of aryl methyl sites for hydroxylation is 1. The van der Waals surface area contributed by atoms with Gasteiger partial charge in [0.1, 0.15) is 6.10 Å². The molecule has 0 bridgehead atoms. The lowest BCUT2D eigenvalue weighted by molar-refractivity contribution is 0.0638. The number of rotatable bonds is 9. The quantitative estimate of drug-likeness (QED) is 0.711. The van der Waals surface area contributed by atoms with Gasteiger partial charge in [-0.25, -0.2) is 4.98 Å². The van der Waals surface area contributed by atoms with Crippen LogP contribution in [0, 0.1) is 0 Å². The van der Waals surface area contributed by atoms with Gasteiger partial charge >= 0.3 is 0 Å². The highest BCUT2D eigenvalue weighted by Crippen LogP contribution is 2.26. The van der Waals surface area contributed by atoms with E-state index in [4.69, 9.17) is 4.74 Å². The first-order valence-electron chi connectivity index (χ1n) is 8.03. The summed E-state index contributed by atoms with van der Waals surface area (Å²) in [6.45, 7) is 4.81. The van der Waals surface area contributed by atoms with Gasteiger partial charge in [-0.05, 0) is 26.1 Å². The maximum atomic E-state index is 6.20. The molecule has 4 heteroatoms. The number of unbranched alkanes of at least 4 members (excludes halogenated alkanes) is 1. The maximum absolute atomic E-state index is 6.20. The lowest BCUT2D eigenvalue weighted by atomic mass is 10.1. The van der Waals surface area contributed by atoms with Crippen molar-refractivity contribution >= 4 is 0 Å². The van der Waals surface area contributed by atoms with E-state index in [2.05, 4.69) is 59.7 Å². The van der Waals surface area contributed by atoms with Crippen molar-refractivity contribution in [3.05, 3.63) is 54.1 Å². The Balaban J connectivity index is 2.18. The van der Waals surface area contributed by atoms with Crippen LogP contribution < -0.4 is 0 Å². The zero-order valence-corrected chi connectivity index (χ0v) is 13.9. The van der Waals surface area contributed by atoms with Crippen LogP contribution in [0.4, 0.5) is 0 Å². The molecule has 0 saturated heterocycles. The second-order valence-electron chi connectivity index (χ2n) is 5.83. The van der Waals surface area contributed by atoms with Crippen LogP contribution in [-0.4, -0.2) is 41.7 Å². The van der Waals surface area contributed by atoms with Crippen LogP contribution in [0.3, 0.4) is 0 Å². The molecule has 1 aromatic carbocycles. The number of ether oxygens (including phenoxy) is 1. The zero-order chi connectivity index (χ0) is 15.8. The van der Waals surface area contributed by atoms with E-state index in [9.17, 15) is 0 Å². The minimum atomic E-state index is -0.0551. The van der Waals surface area contributed by atoms with E-state index in [0.29, 0.717) is 6.61 Å². The Bertz CT molecular complexity index is 536. The lowest BCUT2D eigenvalue weighted by Gasteiger charge is -2.21. The van der Waals surface area contributed by atoms with E-state index in [1.54, 1.807) is 0 Å². The van der Waals surface area contributed by atoms with Gasteiger partial charge in [-0.1, -0.05) is 43.7 Å². The van der Waals surface area contributed by atoms with Gasteiger partial charge in [0.2, 0.25) is 0 Å². The van der Waals surface area contributed by atoms with Crippen molar-refractivity contribution in [1.82, 2.24) is 14.5 Å². The molecule has 2 aromatic rings. The number of hydrogen-bond donors (Lipinski definition) is 0. The fourth-order valence-corrected chi connectivity index (χ4v) is 2.40. The monoisotopic (exact) mass is 301 g/mol. The van der Waals surface area contributed by atoms with Gasteiger partial charge in [-0.15, -0.1) is 0 Å². The molecule has 1 heterocycles. The van der Waals surface area contributed by atoms with Crippen molar-refractivity contribution in [2.24, 2.45) is 0 Å². The highest BCUT2D eigenvalue weighted by atomic mass is 16.5. The number of benzene rings is 1. The number of imidazole rings is 1. The van der Waals surface area contributed by atoms with Gasteiger partial charge < -0.3 is 14.2 Å². The van der Waals surface area contributed by atoms with Crippen LogP contribution in [0.1, 0.15) is 37.1 Å². The Morgan fingerprint density at radius 1 is 1.23 bits per heavy atom. The summed E-state index contributed by atoms with van der Waals surface area (Å²) >= 11 is 0. The van der Waals surface area contributed by atoms with Gasteiger partial charge in [-0.3, -0.25) is 0 Å². The molecule has 0 amide bonds. The van der Waals surface area contributed by atoms with Crippen molar-refractivity contribution in [1.29, 1.82) is 0 Å². The molecule has 0 saturated carbocycles. The molecule has 0 fully saturated rings. The Morgan fingerprint density at radius 3 is 2.68 bits per heavy atom. The largest absolute Gasteiger partial charge is 0.366 e. The predicted molar refractivity (Wildman–Crippen MR) is 89.9 cm³/mol. The Hall–Kier alpha value is -1.65. The summed E-state index contributed by atoms with van der Waals surface area (Å²) in [5.74, 6) is 0. The molecule has 1 aromatic heterocycles. The fourth-order valence-electron chi connectivity index (χ4n) is 2.40. The van der Waals surface area contributed by atoms with Crippen molar-refractivity contribution in [2.45, 2.75) is 32.4 Å². The van der Waals surface area contributed by atoms with E-state index in [1.165, 1.54) is 12.0 Å². The van der Waals surface area contributed by atoms with E-state index >= 15 is 0 Å². The molecule has 0 aliphatic rings. The van der Waals surface area contributed by atoms with Gasteiger partial charge in [0, 0.05) is 13.1 Å². The highest BCUT2D eigenvalue weighted by molar-refractivity contribution is 5.25. The lowest BCUT2D eigenvalue weighted by Crippen LogP contribution is -2.21. The summed E-state index contributed by atoms with van der Waals surface area (Å²) in [5.41, 5.74) is 2.32. The third-order valence-corrected chi connectivity index (χ3v) is 3.69. The van der Waals surface area contributed by atoms with Crippen LogP contribution in [-0.2, 0) is 11.3 Å². The molecule has 0 aliphatic carbocycles. The van der Waals surface area contributed by atoms with Gasteiger partial charge in [0.05, 0.1) is 24.8 Å². The van der Waals surface area contributed by atoms with Crippen molar-refractivity contribution in [3.8, 4) is 0 Å². The van der Waals surface area contributed by atoms with Crippen LogP contribution in [0.5, 0.6) is 0 Å². The molecular formula is C18H27N3O. The molecular weight excluding hydrogens is 274 g/mol. The number of nitrogens with zero attached hydrogens (tertiary/aromatic N) is 3. The molecule has 1 unspecified atom stereocenters. The molecule has 0 spiro atoms. The van der Waals surface area contributed by atoms with E-state index < -0.39 is 0 Å². The fraction of sp³-hybridized carbons (Fsp3) is 0.500. The number of hydrogen-bond acceptors (Lipinski definition) is 3. The van der Waals surface area contributed by atoms with E-state index in [0.717, 1.165) is 25.2 Å². The standard InChI is InChI=1S/C18H27N3O/c1-4-5-11-21-15-19-14-17(21)18(22-13-12-20(2)3)16-9-7-6-8-10-16/h6-10,14-15,18H,4-5,11-13H2,1-3H3. The molecule has 0 N–H and O–H groups in total. The Kier molecular flexibility index (Phi) is 6.62. The molecule has 2 rings (SSSR count). The first-order chi connectivity index (χ1) is 10.7. The Morgan fingerprint density at radius 2 is 2.00 bits per heavy atom. The normalized spacial score (nSPS) is 12.7.